The Bertz CT molecular complexity index is 730. The van der Waals surface area contributed by atoms with E-state index in [2.05, 4.69) is 15.2 Å². The minimum absolute atomic E-state index is 0.204. The zero-order chi connectivity index (χ0) is 13.4. The fourth-order valence-corrected chi connectivity index (χ4v) is 1.83. The number of nitrogens with zero attached hydrogens (tertiary/aromatic N) is 4. The van der Waals surface area contributed by atoms with Crippen molar-refractivity contribution >= 4 is 0 Å². The molecule has 0 atom stereocenters. The Kier molecular flexibility index (Phi) is 2.56. The fourth-order valence-electron chi connectivity index (χ4n) is 1.83. The number of benzene rings is 1. The Hall–Kier alpha value is -2.63. The molecule has 2 aromatic heterocycles. The summed E-state index contributed by atoms with van der Waals surface area (Å²) in [6.07, 6.45) is 1.81. The lowest BCUT2D eigenvalue weighted by Gasteiger charge is -2.01. The number of aromatic nitrogens is 4. The van der Waals surface area contributed by atoms with E-state index < -0.39 is 0 Å². The van der Waals surface area contributed by atoms with Gasteiger partial charge in [0.1, 0.15) is 11.4 Å². The molecular weight excluding hydrogens is 244 g/mol. The number of aromatic hydroxyl groups is 1. The van der Waals surface area contributed by atoms with Gasteiger partial charge in [-0.3, -0.25) is 4.68 Å². The van der Waals surface area contributed by atoms with Crippen LogP contribution in [-0.4, -0.2) is 25.0 Å². The minimum Gasteiger partial charge on any atom is -0.508 e. The summed E-state index contributed by atoms with van der Waals surface area (Å²) in [5, 5.41) is 17.8. The van der Waals surface area contributed by atoms with Crippen molar-refractivity contribution in [3.63, 3.8) is 0 Å². The zero-order valence-electron chi connectivity index (χ0n) is 10.5. The number of aryl methyl sites for hydroxylation is 1. The predicted molar refractivity (Wildman–Crippen MR) is 68.3 cm³/mol. The largest absolute Gasteiger partial charge is 0.508 e. The number of phenols is 1. The summed E-state index contributed by atoms with van der Waals surface area (Å²) < 4.78 is 6.90. The third-order valence-corrected chi connectivity index (χ3v) is 2.90. The summed E-state index contributed by atoms with van der Waals surface area (Å²) in [7, 11) is 1.82. The summed E-state index contributed by atoms with van der Waals surface area (Å²) in [5.41, 5.74) is 2.07. The van der Waals surface area contributed by atoms with Crippen LogP contribution in [0.1, 0.15) is 5.56 Å². The first-order valence-electron chi connectivity index (χ1n) is 5.78. The normalized spacial score (nSPS) is 10.8. The van der Waals surface area contributed by atoms with E-state index in [9.17, 15) is 5.11 Å². The van der Waals surface area contributed by atoms with E-state index >= 15 is 0 Å². The molecule has 96 valence electrons. The number of hydrogen-bond donors (Lipinski definition) is 1. The zero-order valence-corrected chi connectivity index (χ0v) is 10.5. The van der Waals surface area contributed by atoms with Crippen molar-refractivity contribution in [2.24, 2.45) is 7.05 Å². The van der Waals surface area contributed by atoms with Gasteiger partial charge in [-0.1, -0.05) is 11.2 Å². The van der Waals surface area contributed by atoms with E-state index in [0.717, 1.165) is 5.56 Å². The number of phenolic OH excluding ortho intramolecular Hbond substituents is 1. The van der Waals surface area contributed by atoms with Gasteiger partial charge in [-0.05, 0) is 25.1 Å². The summed E-state index contributed by atoms with van der Waals surface area (Å²) in [6, 6.07) is 6.99. The smallest absolute Gasteiger partial charge is 0.258 e. The van der Waals surface area contributed by atoms with Crippen LogP contribution in [0, 0.1) is 6.92 Å². The fraction of sp³-hybridized carbons (Fsp3) is 0.154. The van der Waals surface area contributed by atoms with Gasteiger partial charge in [-0.25, -0.2) is 0 Å². The Morgan fingerprint density at radius 3 is 2.84 bits per heavy atom. The van der Waals surface area contributed by atoms with Crippen LogP contribution >= 0.6 is 0 Å². The van der Waals surface area contributed by atoms with Gasteiger partial charge in [0.25, 0.3) is 5.89 Å². The second kappa shape index (κ2) is 4.24. The van der Waals surface area contributed by atoms with E-state index in [1.165, 1.54) is 0 Å². The molecule has 2 heterocycles. The lowest BCUT2D eigenvalue weighted by Crippen LogP contribution is -1.89. The predicted octanol–water partition coefficient (Wildman–Crippen LogP) is 2.15. The lowest BCUT2D eigenvalue weighted by atomic mass is 10.1. The van der Waals surface area contributed by atoms with Crippen molar-refractivity contribution in [2.45, 2.75) is 6.92 Å². The molecule has 0 unspecified atom stereocenters. The van der Waals surface area contributed by atoms with Gasteiger partial charge < -0.3 is 9.63 Å². The highest BCUT2D eigenvalue weighted by atomic mass is 16.5. The molecule has 0 aliphatic rings. The first kappa shape index (κ1) is 11.5. The molecule has 19 heavy (non-hydrogen) atoms. The molecule has 0 radical (unpaired) electrons. The first-order valence-corrected chi connectivity index (χ1v) is 5.78. The van der Waals surface area contributed by atoms with E-state index in [1.54, 1.807) is 23.7 Å². The Labute approximate surface area is 109 Å². The van der Waals surface area contributed by atoms with Gasteiger partial charge in [-0.15, -0.1) is 0 Å². The third kappa shape index (κ3) is 1.97. The third-order valence-electron chi connectivity index (χ3n) is 2.90. The summed E-state index contributed by atoms with van der Waals surface area (Å²) in [5.74, 6) is 1.00. The SMILES string of the molecule is Cc1c(O)cccc1-c1nc(-c2ccn(C)n2)no1. The Morgan fingerprint density at radius 1 is 1.26 bits per heavy atom. The average Bonchev–Trinajstić information content (AvgIpc) is 3.01. The summed E-state index contributed by atoms with van der Waals surface area (Å²) in [6.45, 7) is 1.80. The van der Waals surface area contributed by atoms with E-state index in [1.807, 2.05) is 25.4 Å². The summed E-state index contributed by atoms with van der Waals surface area (Å²) in [4.78, 5) is 4.30. The van der Waals surface area contributed by atoms with Crippen LogP contribution in [-0.2, 0) is 7.05 Å². The maximum absolute atomic E-state index is 9.68. The minimum atomic E-state index is 0.204. The van der Waals surface area contributed by atoms with Crippen LogP contribution in [0.2, 0.25) is 0 Å². The Balaban J connectivity index is 2.04. The van der Waals surface area contributed by atoms with E-state index in [4.69, 9.17) is 4.52 Å². The van der Waals surface area contributed by atoms with Crippen LogP contribution in [0.15, 0.2) is 35.0 Å². The molecule has 0 aliphatic carbocycles. The highest BCUT2D eigenvalue weighted by Gasteiger charge is 2.15. The van der Waals surface area contributed by atoms with Crippen molar-refractivity contribution in [3.8, 4) is 28.7 Å². The maximum atomic E-state index is 9.68. The molecular formula is C13H12N4O2. The van der Waals surface area contributed by atoms with Crippen molar-refractivity contribution in [1.29, 1.82) is 0 Å². The monoisotopic (exact) mass is 256 g/mol. The Morgan fingerprint density at radius 2 is 2.11 bits per heavy atom. The van der Waals surface area contributed by atoms with Crippen molar-refractivity contribution in [2.75, 3.05) is 0 Å². The van der Waals surface area contributed by atoms with Gasteiger partial charge >= 0.3 is 0 Å². The van der Waals surface area contributed by atoms with Crippen LogP contribution in [0.4, 0.5) is 0 Å². The molecule has 0 saturated carbocycles. The number of hydrogen-bond acceptors (Lipinski definition) is 5. The highest BCUT2D eigenvalue weighted by molar-refractivity contribution is 5.63. The van der Waals surface area contributed by atoms with Crippen molar-refractivity contribution in [3.05, 3.63) is 36.0 Å². The van der Waals surface area contributed by atoms with Gasteiger partial charge in [0.2, 0.25) is 5.82 Å². The quantitative estimate of drug-likeness (QED) is 0.760. The second-order valence-corrected chi connectivity index (χ2v) is 4.25. The molecule has 0 saturated heterocycles. The molecule has 1 aromatic carbocycles. The van der Waals surface area contributed by atoms with Gasteiger partial charge in [0.15, 0.2) is 0 Å². The topological polar surface area (TPSA) is 77.0 Å². The van der Waals surface area contributed by atoms with Crippen LogP contribution in [0.25, 0.3) is 23.0 Å². The van der Waals surface area contributed by atoms with E-state index in [-0.39, 0.29) is 5.75 Å². The van der Waals surface area contributed by atoms with Crippen LogP contribution in [0.3, 0.4) is 0 Å². The molecule has 1 N–H and O–H groups in total. The van der Waals surface area contributed by atoms with Crippen LogP contribution < -0.4 is 0 Å². The molecule has 0 aliphatic heterocycles. The van der Waals surface area contributed by atoms with Gasteiger partial charge in [0.05, 0.1) is 0 Å². The van der Waals surface area contributed by atoms with Crippen molar-refractivity contribution < 1.29 is 9.63 Å². The standard InChI is InChI=1S/C13H12N4O2/c1-8-9(4-3-5-11(8)18)13-14-12(16-19-13)10-6-7-17(2)15-10/h3-7,18H,1-2H3. The first-order chi connectivity index (χ1) is 9.15. The molecule has 3 rings (SSSR count). The average molecular weight is 256 g/mol. The maximum Gasteiger partial charge on any atom is 0.258 e. The molecule has 6 nitrogen and oxygen atoms in total. The lowest BCUT2D eigenvalue weighted by molar-refractivity contribution is 0.430. The summed E-state index contributed by atoms with van der Waals surface area (Å²) >= 11 is 0. The van der Waals surface area contributed by atoms with Crippen LogP contribution in [0.5, 0.6) is 5.75 Å². The molecule has 6 heteroatoms. The molecule has 0 bridgehead atoms. The molecule has 0 spiro atoms. The van der Waals surface area contributed by atoms with Crippen molar-refractivity contribution in [1.82, 2.24) is 19.9 Å². The van der Waals surface area contributed by atoms with Gasteiger partial charge in [0, 0.05) is 24.4 Å². The highest BCUT2D eigenvalue weighted by Crippen LogP contribution is 2.28. The number of rotatable bonds is 2. The molecule has 0 fully saturated rings. The molecule has 0 amide bonds. The van der Waals surface area contributed by atoms with Gasteiger partial charge in [-0.2, -0.15) is 10.1 Å². The van der Waals surface area contributed by atoms with E-state index in [0.29, 0.717) is 23.0 Å². The second-order valence-electron chi connectivity index (χ2n) is 4.25. The molecule has 3 aromatic rings.